The molecule has 0 saturated carbocycles. The van der Waals surface area contributed by atoms with Crippen LogP contribution < -0.4 is 0 Å². The van der Waals surface area contributed by atoms with Crippen molar-refractivity contribution in [2.24, 2.45) is 0 Å². The molecule has 0 radical (unpaired) electrons. The minimum atomic E-state index is 0.548. The third-order valence-corrected chi connectivity index (χ3v) is 2.60. The highest BCUT2D eigenvalue weighted by Crippen LogP contribution is 2.23. The first-order chi connectivity index (χ1) is 5.74. The minimum absolute atomic E-state index is 0.548. The predicted octanol–water partition coefficient (Wildman–Crippen LogP) is 3.77. The monoisotopic (exact) mass is 181 g/mol. The van der Waals surface area contributed by atoms with E-state index in [1.807, 2.05) is 26.0 Å². The SMILES string of the molecule is CC.CC(C)c1ccc(C#N)s1. The van der Waals surface area contributed by atoms with Gasteiger partial charge in [-0.3, -0.25) is 0 Å². The number of hydrogen-bond acceptors (Lipinski definition) is 2. The van der Waals surface area contributed by atoms with Gasteiger partial charge in [0.25, 0.3) is 0 Å². The molecule has 1 nitrogen and oxygen atoms in total. The molecule has 0 amide bonds. The molecule has 2 heteroatoms. The van der Waals surface area contributed by atoms with Crippen molar-refractivity contribution in [2.45, 2.75) is 33.6 Å². The molecule has 0 aliphatic carbocycles. The van der Waals surface area contributed by atoms with Crippen LogP contribution in [0.4, 0.5) is 0 Å². The van der Waals surface area contributed by atoms with Gasteiger partial charge in [0.1, 0.15) is 10.9 Å². The van der Waals surface area contributed by atoms with Gasteiger partial charge in [0, 0.05) is 4.88 Å². The lowest BCUT2D eigenvalue weighted by Gasteiger charge is -1.95. The molecule has 0 spiro atoms. The summed E-state index contributed by atoms with van der Waals surface area (Å²) in [5.74, 6) is 0.548. The molecule has 0 atom stereocenters. The van der Waals surface area contributed by atoms with Gasteiger partial charge in [-0.05, 0) is 18.1 Å². The van der Waals surface area contributed by atoms with Crippen molar-refractivity contribution >= 4 is 11.3 Å². The van der Waals surface area contributed by atoms with Gasteiger partial charge < -0.3 is 0 Å². The van der Waals surface area contributed by atoms with Gasteiger partial charge in [0.05, 0.1) is 0 Å². The molecule has 1 aromatic heterocycles. The van der Waals surface area contributed by atoms with E-state index >= 15 is 0 Å². The zero-order valence-corrected chi connectivity index (χ0v) is 8.90. The highest BCUT2D eigenvalue weighted by atomic mass is 32.1. The lowest BCUT2D eigenvalue weighted by Crippen LogP contribution is -1.77. The van der Waals surface area contributed by atoms with E-state index in [9.17, 15) is 0 Å². The van der Waals surface area contributed by atoms with Crippen LogP contribution in [0.5, 0.6) is 0 Å². The second kappa shape index (κ2) is 5.79. The molecule has 0 fully saturated rings. The van der Waals surface area contributed by atoms with Crippen LogP contribution in [0.2, 0.25) is 0 Å². The van der Waals surface area contributed by atoms with Crippen molar-refractivity contribution < 1.29 is 0 Å². The summed E-state index contributed by atoms with van der Waals surface area (Å²) in [5.41, 5.74) is 0. The third-order valence-electron chi connectivity index (χ3n) is 1.31. The Hall–Kier alpha value is -0.810. The highest BCUT2D eigenvalue weighted by Gasteiger charge is 2.01. The maximum absolute atomic E-state index is 8.49. The van der Waals surface area contributed by atoms with Crippen molar-refractivity contribution in [3.8, 4) is 6.07 Å². The van der Waals surface area contributed by atoms with E-state index in [4.69, 9.17) is 5.26 Å². The van der Waals surface area contributed by atoms with Crippen LogP contribution in [0.3, 0.4) is 0 Å². The molecule has 0 saturated heterocycles. The predicted molar refractivity (Wildman–Crippen MR) is 54.5 cm³/mol. The molecule has 12 heavy (non-hydrogen) atoms. The molecule has 0 aromatic carbocycles. The Balaban J connectivity index is 0.000000561. The van der Waals surface area contributed by atoms with Crippen LogP contribution in [0.15, 0.2) is 12.1 Å². The van der Waals surface area contributed by atoms with E-state index in [0.717, 1.165) is 4.88 Å². The zero-order valence-electron chi connectivity index (χ0n) is 8.09. The van der Waals surface area contributed by atoms with Crippen LogP contribution in [-0.2, 0) is 0 Å². The number of rotatable bonds is 1. The van der Waals surface area contributed by atoms with E-state index in [0.29, 0.717) is 5.92 Å². The molecule has 1 rings (SSSR count). The number of nitrogens with zero attached hydrogens (tertiary/aromatic N) is 1. The van der Waals surface area contributed by atoms with E-state index < -0.39 is 0 Å². The number of thiophene rings is 1. The molecule has 0 unspecified atom stereocenters. The summed E-state index contributed by atoms with van der Waals surface area (Å²) >= 11 is 1.58. The Bertz CT molecular complexity index is 255. The van der Waals surface area contributed by atoms with Crippen molar-refractivity contribution in [3.63, 3.8) is 0 Å². The standard InChI is InChI=1S/C8H9NS.C2H6/c1-6(2)8-4-3-7(5-9)10-8;1-2/h3-4,6H,1-2H3;1-2H3. The molecule has 0 aliphatic rings. The first-order valence-corrected chi connectivity index (χ1v) is 5.05. The molecule has 1 heterocycles. The van der Waals surface area contributed by atoms with Crippen LogP contribution in [0.25, 0.3) is 0 Å². The molecule has 0 aliphatic heterocycles. The van der Waals surface area contributed by atoms with E-state index in [1.165, 1.54) is 4.88 Å². The van der Waals surface area contributed by atoms with E-state index in [1.54, 1.807) is 11.3 Å². The average molecular weight is 181 g/mol. The molecule has 0 bridgehead atoms. The van der Waals surface area contributed by atoms with Gasteiger partial charge in [-0.25, -0.2) is 0 Å². The van der Waals surface area contributed by atoms with Gasteiger partial charge in [-0.15, -0.1) is 11.3 Å². The summed E-state index contributed by atoms with van der Waals surface area (Å²) in [6, 6.07) is 6.02. The Labute approximate surface area is 78.7 Å². The highest BCUT2D eigenvalue weighted by molar-refractivity contribution is 7.12. The van der Waals surface area contributed by atoms with Crippen molar-refractivity contribution in [2.75, 3.05) is 0 Å². The summed E-state index contributed by atoms with van der Waals surface area (Å²) in [5, 5.41) is 8.49. The van der Waals surface area contributed by atoms with E-state index in [2.05, 4.69) is 19.9 Å². The lowest BCUT2D eigenvalue weighted by atomic mass is 10.2. The smallest absolute Gasteiger partial charge is 0.110 e. The zero-order chi connectivity index (χ0) is 9.56. The molecule has 0 N–H and O–H groups in total. The molecule has 1 aromatic rings. The Morgan fingerprint density at radius 1 is 1.33 bits per heavy atom. The summed E-state index contributed by atoms with van der Waals surface area (Å²) in [7, 11) is 0. The molecule has 66 valence electrons. The van der Waals surface area contributed by atoms with Crippen LogP contribution in [0, 0.1) is 11.3 Å². The van der Waals surface area contributed by atoms with Gasteiger partial charge in [0.15, 0.2) is 0 Å². The summed E-state index contributed by atoms with van der Waals surface area (Å²) in [6.45, 7) is 8.26. The maximum Gasteiger partial charge on any atom is 0.110 e. The fourth-order valence-electron chi connectivity index (χ4n) is 0.723. The fraction of sp³-hybridized carbons (Fsp3) is 0.500. The van der Waals surface area contributed by atoms with Crippen molar-refractivity contribution in [3.05, 3.63) is 21.9 Å². The first kappa shape index (κ1) is 11.2. The largest absolute Gasteiger partial charge is 0.192 e. The van der Waals surface area contributed by atoms with Gasteiger partial charge in [-0.2, -0.15) is 5.26 Å². The van der Waals surface area contributed by atoms with E-state index in [-0.39, 0.29) is 0 Å². The summed E-state index contributed by atoms with van der Waals surface area (Å²) in [6.07, 6.45) is 0. The van der Waals surface area contributed by atoms with Crippen molar-refractivity contribution in [1.82, 2.24) is 0 Å². The topological polar surface area (TPSA) is 23.8 Å². The molecular formula is C10H15NS. The average Bonchev–Trinajstić information content (AvgIpc) is 2.55. The minimum Gasteiger partial charge on any atom is -0.192 e. The summed E-state index contributed by atoms with van der Waals surface area (Å²) in [4.78, 5) is 2.10. The third kappa shape index (κ3) is 3.06. The van der Waals surface area contributed by atoms with Gasteiger partial charge in [-0.1, -0.05) is 27.7 Å². The van der Waals surface area contributed by atoms with Crippen LogP contribution in [-0.4, -0.2) is 0 Å². The van der Waals surface area contributed by atoms with Crippen LogP contribution >= 0.6 is 11.3 Å². The Kier molecular flexibility index (Phi) is 5.40. The number of hydrogen-bond donors (Lipinski definition) is 0. The fourth-order valence-corrected chi connectivity index (χ4v) is 1.53. The summed E-state index contributed by atoms with van der Waals surface area (Å²) < 4.78 is 0. The second-order valence-corrected chi connectivity index (χ2v) is 3.58. The van der Waals surface area contributed by atoms with Gasteiger partial charge >= 0.3 is 0 Å². The van der Waals surface area contributed by atoms with Crippen LogP contribution in [0.1, 0.15) is 43.4 Å². The maximum atomic E-state index is 8.49. The Morgan fingerprint density at radius 2 is 1.92 bits per heavy atom. The number of nitriles is 1. The molecular weight excluding hydrogens is 166 g/mol. The quantitative estimate of drug-likeness (QED) is 0.647. The van der Waals surface area contributed by atoms with Gasteiger partial charge in [0.2, 0.25) is 0 Å². The lowest BCUT2D eigenvalue weighted by molar-refractivity contribution is 0.890. The normalized spacial score (nSPS) is 8.67. The second-order valence-electron chi connectivity index (χ2n) is 2.47. The first-order valence-electron chi connectivity index (χ1n) is 4.24. The Morgan fingerprint density at radius 3 is 2.17 bits per heavy atom. The van der Waals surface area contributed by atoms with Crippen molar-refractivity contribution in [1.29, 1.82) is 5.26 Å².